The minimum absolute atomic E-state index is 0. The number of para-hydroxylation sites is 1. The molecular weight excluding hydrogens is 155 g/mol. The van der Waals surface area contributed by atoms with Crippen molar-refractivity contribution >= 4 is 12.4 Å². The maximum Gasteiger partial charge on any atom is 0.228 e. The zero-order valence-corrected chi connectivity index (χ0v) is 6.10. The molecule has 10 heavy (non-hydrogen) atoms. The molecule has 0 amide bonds. The van der Waals surface area contributed by atoms with E-state index in [2.05, 4.69) is 4.74 Å². The molecule has 0 atom stereocenters. The summed E-state index contributed by atoms with van der Waals surface area (Å²) in [5, 5.41) is 0. The third-order valence-corrected chi connectivity index (χ3v) is 0.964. The van der Waals surface area contributed by atoms with Gasteiger partial charge in [0, 0.05) is 0 Å². The molecule has 0 saturated heterocycles. The van der Waals surface area contributed by atoms with Crippen LogP contribution in [0.15, 0.2) is 30.3 Å². The summed E-state index contributed by atoms with van der Waals surface area (Å²) in [6.07, 6.45) is 0. The van der Waals surface area contributed by atoms with Crippen molar-refractivity contribution in [2.24, 2.45) is 0 Å². The second-order valence-electron chi connectivity index (χ2n) is 1.57. The second-order valence-corrected chi connectivity index (χ2v) is 1.57. The van der Waals surface area contributed by atoms with Gasteiger partial charge in [-0.05, 0) is 12.1 Å². The van der Waals surface area contributed by atoms with E-state index in [1.165, 1.54) is 0 Å². The van der Waals surface area contributed by atoms with Crippen molar-refractivity contribution in [1.29, 1.82) is 0 Å². The molecule has 0 unspecified atom stereocenters. The predicted molar refractivity (Wildman–Crippen MR) is 40.3 cm³/mol. The minimum Gasteiger partial charge on any atom is -0.463 e. The average molecular weight is 163 g/mol. The molecule has 1 aromatic carbocycles. The molecule has 0 saturated carbocycles. The van der Waals surface area contributed by atoms with Gasteiger partial charge in [-0.15, -0.1) is 12.4 Å². The van der Waals surface area contributed by atoms with Crippen LogP contribution in [0.5, 0.6) is 5.75 Å². The highest BCUT2D eigenvalue weighted by Gasteiger charge is 1.85. The maximum absolute atomic E-state index is 11.5. The quantitative estimate of drug-likeness (QED) is 0.649. The summed E-state index contributed by atoms with van der Waals surface area (Å²) in [5.74, 6) is 0.569. The third-order valence-electron chi connectivity index (χ3n) is 0.964. The molecule has 0 aliphatic carbocycles. The number of alkyl halides is 1. The smallest absolute Gasteiger partial charge is 0.228 e. The summed E-state index contributed by atoms with van der Waals surface area (Å²) in [5.41, 5.74) is 0. The molecule has 0 aliphatic rings. The van der Waals surface area contributed by atoms with Crippen molar-refractivity contribution in [2.75, 3.05) is 6.86 Å². The Labute approximate surface area is 65.2 Å². The van der Waals surface area contributed by atoms with Crippen molar-refractivity contribution in [3.63, 3.8) is 0 Å². The molecule has 56 valence electrons. The van der Waals surface area contributed by atoms with Gasteiger partial charge in [-0.1, -0.05) is 18.2 Å². The van der Waals surface area contributed by atoms with Crippen LogP contribution in [-0.4, -0.2) is 6.86 Å². The number of benzene rings is 1. The molecule has 0 spiro atoms. The molecule has 0 N–H and O–H groups in total. The standard InChI is InChI=1S/C7H7FO.ClH/c8-6-9-7-4-2-1-3-5-7;/h1-5H,6H2;1H. The van der Waals surface area contributed by atoms with Gasteiger partial charge in [-0.3, -0.25) is 0 Å². The van der Waals surface area contributed by atoms with E-state index in [-0.39, 0.29) is 12.4 Å². The molecule has 3 heteroatoms. The van der Waals surface area contributed by atoms with Crippen molar-refractivity contribution < 1.29 is 9.13 Å². The van der Waals surface area contributed by atoms with Crippen LogP contribution in [0.4, 0.5) is 4.39 Å². The SMILES string of the molecule is Cl.FCOc1ccccc1. The topological polar surface area (TPSA) is 9.23 Å². The molecular formula is C7H8ClFO. The van der Waals surface area contributed by atoms with Crippen molar-refractivity contribution in [3.05, 3.63) is 30.3 Å². The lowest BCUT2D eigenvalue weighted by Crippen LogP contribution is -1.87. The number of ether oxygens (including phenoxy) is 1. The van der Waals surface area contributed by atoms with Crippen LogP contribution in [0.1, 0.15) is 0 Å². The normalized spacial score (nSPS) is 8.10. The van der Waals surface area contributed by atoms with E-state index in [0.717, 1.165) is 0 Å². The highest BCUT2D eigenvalue weighted by molar-refractivity contribution is 5.85. The number of halogens is 2. The molecule has 0 radical (unpaired) electrons. The minimum atomic E-state index is -0.760. The highest BCUT2D eigenvalue weighted by Crippen LogP contribution is 2.07. The zero-order chi connectivity index (χ0) is 6.53. The zero-order valence-electron chi connectivity index (χ0n) is 5.29. The largest absolute Gasteiger partial charge is 0.463 e. The van der Waals surface area contributed by atoms with E-state index in [0.29, 0.717) is 5.75 Å². The summed E-state index contributed by atoms with van der Waals surface area (Å²) in [4.78, 5) is 0. The monoisotopic (exact) mass is 162 g/mol. The van der Waals surface area contributed by atoms with E-state index in [1.807, 2.05) is 6.07 Å². The van der Waals surface area contributed by atoms with Gasteiger partial charge in [-0.25, -0.2) is 4.39 Å². The lowest BCUT2D eigenvalue weighted by Gasteiger charge is -1.96. The van der Waals surface area contributed by atoms with E-state index < -0.39 is 6.86 Å². The van der Waals surface area contributed by atoms with Crippen LogP contribution in [0.2, 0.25) is 0 Å². The molecule has 0 aliphatic heterocycles. The Balaban J connectivity index is 0.000000810. The van der Waals surface area contributed by atoms with Crippen LogP contribution in [0.3, 0.4) is 0 Å². The fourth-order valence-electron chi connectivity index (χ4n) is 0.580. The van der Waals surface area contributed by atoms with Gasteiger partial charge in [0.2, 0.25) is 6.86 Å². The van der Waals surface area contributed by atoms with E-state index in [9.17, 15) is 4.39 Å². The predicted octanol–water partition coefficient (Wildman–Crippen LogP) is 2.41. The number of rotatable bonds is 2. The maximum atomic E-state index is 11.5. The summed E-state index contributed by atoms with van der Waals surface area (Å²) >= 11 is 0. The molecule has 0 bridgehead atoms. The highest BCUT2D eigenvalue weighted by atomic mass is 35.5. The van der Waals surface area contributed by atoms with Gasteiger partial charge in [0.05, 0.1) is 0 Å². The van der Waals surface area contributed by atoms with Crippen LogP contribution < -0.4 is 4.74 Å². The van der Waals surface area contributed by atoms with E-state index in [4.69, 9.17) is 0 Å². The summed E-state index contributed by atoms with van der Waals surface area (Å²) in [6, 6.07) is 8.86. The number of hydrogen-bond acceptors (Lipinski definition) is 1. The molecule has 0 heterocycles. The molecule has 0 fully saturated rings. The van der Waals surface area contributed by atoms with E-state index in [1.54, 1.807) is 24.3 Å². The molecule has 1 rings (SSSR count). The lowest BCUT2D eigenvalue weighted by molar-refractivity contribution is 0.192. The van der Waals surface area contributed by atoms with Gasteiger partial charge >= 0.3 is 0 Å². The van der Waals surface area contributed by atoms with Gasteiger partial charge in [-0.2, -0.15) is 0 Å². The average Bonchev–Trinajstić information content (AvgIpc) is 1.91. The van der Waals surface area contributed by atoms with E-state index >= 15 is 0 Å². The van der Waals surface area contributed by atoms with Crippen LogP contribution >= 0.6 is 12.4 Å². The first-order valence-electron chi connectivity index (χ1n) is 2.67. The van der Waals surface area contributed by atoms with Crippen molar-refractivity contribution in [2.45, 2.75) is 0 Å². The third kappa shape index (κ3) is 2.69. The summed E-state index contributed by atoms with van der Waals surface area (Å²) in [7, 11) is 0. The Bertz CT molecular complexity index is 167. The lowest BCUT2D eigenvalue weighted by atomic mass is 10.3. The molecule has 1 nitrogen and oxygen atoms in total. The summed E-state index contributed by atoms with van der Waals surface area (Å²) < 4.78 is 16.0. The fourth-order valence-corrected chi connectivity index (χ4v) is 0.580. The van der Waals surface area contributed by atoms with Crippen molar-refractivity contribution in [3.8, 4) is 5.75 Å². The van der Waals surface area contributed by atoms with Gasteiger partial charge in [0.1, 0.15) is 5.75 Å². The second kappa shape index (κ2) is 5.06. The first-order valence-corrected chi connectivity index (χ1v) is 2.67. The Hall–Kier alpha value is -0.760. The Morgan fingerprint density at radius 2 is 1.80 bits per heavy atom. The Kier molecular flexibility index (Phi) is 4.67. The first-order chi connectivity index (χ1) is 4.43. The molecule has 1 aromatic rings. The fraction of sp³-hybridized carbons (Fsp3) is 0.143. The van der Waals surface area contributed by atoms with Gasteiger partial charge in [0.25, 0.3) is 0 Å². The van der Waals surface area contributed by atoms with Gasteiger partial charge < -0.3 is 4.74 Å². The van der Waals surface area contributed by atoms with Crippen LogP contribution in [-0.2, 0) is 0 Å². The van der Waals surface area contributed by atoms with Gasteiger partial charge in [0.15, 0.2) is 0 Å². The first kappa shape index (κ1) is 9.24. The molecule has 0 aromatic heterocycles. The Morgan fingerprint density at radius 3 is 2.30 bits per heavy atom. The summed E-state index contributed by atoms with van der Waals surface area (Å²) in [6.45, 7) is -0.760. The Morgan fingerprint density at radius 1 is 1.20 bits per heavy atom. The van der Waals surface area contributed by atoms with Crippen LogP contribution in [0, 0.1) is 0 Å². The number of hydrogen-bond donors (Lipinski definition) is 0. The van der Waals surface area contributed by atoms with Crippen molar-refractivity contribution in [1.82, 2.24) is 0 Å². The van der Waals surface area contributed by atoms with Crippen LogP contribution in [0.25, 0.3) is 0 Å².